The number of hydrogen-bond acceptors (Lipinski definition) is 7. The Hall–Kier alpha value is -3.33. The molecule has 3 heterocycles. The minimum absolute atomic E-state index is 0.114. The first kappa shape index (κ1) is 21.9. The fourth-order valence-electron chi connectivity index (χ4n) is 3.59. The molecule has 2 aliphatic heterocycles. The number of piperidine rings is 1. The number of amidine groups is 1. The van der Waals surface area contributed by atoms with Crippen molar-refractivity contribution in [3.8, 4) is 11.3 Å². The second kappa shape index (κ2) is 9.44. The van der Waals surface area contributed by atoms with Crippen LogP contribution in [0, 0.1) is 5.92 Å². The zero-order valence-corrected chi connectivity index (χ0v) is 18.4. The van der Waals surface area contributed by atoms with Gasteiger partial charge in [-0.3, -0.25) is 9.59 Å². The van der Waals surface area contributed by atoms with Crippen LogP contribution in [0.4, 0.5) is 0 Å². The molecule has 1 fully saturated rings. The topological polar surface area (TPSA) is 115 Å². The second-order valence-corrected chi connectivity index (χ2v) is 8.48. The van der Waals surface area contributed by atoms with Crippen LogP contribution in [0.1, 0.15) is 35.9 Å². The van der Waals surface area contributed by atoms with E-state index in [1.54, 1.807) is 43.3 Å². The molecule has 1 aromatic heterocycles. The largest absolute Gasteiger partial charge is 0.462 e. The van der Waals surface area contributed by atoms with Gasteiger partial charge in [-0.2, -0.15) is 4.99 Å². The molecule has 9 heteroatoms. The van der Waals surface area contributed by atoms with Crippen LogP contribution in [0.3, 0.4) is 0 Å². The van der Waals surface area contributed by atoms with Gasteiger partial charge >= 0.3 is 5.97 Å². The predicted molar refractivity (Wildman–Crippen MR) is 122 cm³/mol. The third-order valence-electron chi connectivity index (χ3n) is 5.36. The van der Waals surface area contributed by atoms with Gasteiger partial charge in [-0.05, 0) is 55.8 Å². The number of thioether (sulfide) groups is 1. The molecule has 0 bridgehead atoms. The Balaban J connectivity index is 1.41. The number of nitrogens with two attached hydrogens (primary N) is 1. The van der Waals surface area contributed by atoms with Crippen LogP contribution < -0.4 is 5.73 Å². The molecule has 4 rings (SSSR count). The van der Waals surface area contributed by atoms with Crippen molar-refractivity contribution in [1.29, 1.82) is 0 Å². The Morgan fingerprint density at radius 1 is 1.22 bits per heavy atom. The standard InChI is InChI=1S/C23H23N3O5S/c1-2-30-22(29)16-5-3-14(4-6-16)18-8-7-17(31-18)13-19-21(28)25-23(32-19)26-11-9-15(10-12-26)20(24)27/h3-8,13,15H,2,9-12H2,1H3,(H2,24,27). The summed E-state index contributed by atoms with van der Waals surface area (Å²) in [6, 6.07) is 10.5. The van der Waals surface area contributed by atoms with Gasteiger partial charge in [0.15, 0.2) is 5.17 Å². The van der Waals surface area contributed by atoms with Gasteiger partial charge in [0.25, 0.3) is 5.91 Å². The number of carbonyl (C=O) groups excluding carboxylic acids is 3. The van der Waals surface area contributed by atoms with Gasteiger partial charge in [-0.15, -0.1) is 0 Å². The summed E-state index contributed by atoms with van der Waals surface area (Å²) in [6.45, 7) is 3.38. The zero-order chi connectivity index (χ0) is 22.7. The van der Waals surface area contributed by atoms with E-state index in [2.05, 4.69) is 4.99 Å². The highest BCUT2D eigenvalue weighted by Gasteiger charge is 2.30. The summed E-state index contributed by atoms with van der Waals surface area (Å²) >= 11 is 1.30. The summed E-state index contributed by atoms with van der Waals surface area (Å²) in [5.74, 6) is 0.101. The number of nitrogens with zero attached hydrogens (tertiary/aromatic N) is 2. The number of primary amides is 1. The van der Waals surface area contributed by atoms with Crippen molar-refractivity contribution >= 4 is 40.8 Å². The maximum absolute atomic E-state index is 12.4. The van der Waals surface area contributed by atoms with Crippen molar-refractivity contribution < 1.29 is 23.5 Å². The van der Waals surface area contributed by atoms with E-state index in [1.165, 1.54) is 11.8 Å². The summed E-state index contributed by atoms with van der Waals surface area (Å²) in [4.78, 5) is 42.2. The molecule has 2 amide bonds. The minimum Gasteiger partial charge on any atom is -0.462 e. The molecule has 1 saturated heterocycles. The number of hydrogen-bond donors (Lipinski definition) is 1. The molecule has 0 saturated carbocycles. The molecule has 166 valence electrons. The maximum atomic E-state index is 12.4. The van der Waals surface area contributed by atoms with Crippen LogP contribution in [-0.2, 0) is 14.3 Å². The Kier molecular flexibility index (Phi) is 6.45. The van der Waals surface area contributed by atoms with E-state index in [-0.39, 0.29) is 23.7 Å². The Bertz CT molecular complexity index is 1100. The van der Waals surface area contributed by atoms with Gasteiger partial charge in [0, 0.05) is 30.6 Å². The van der Waals surface area contributed by atoms with Crippen LogP contribution in [0.2, 0.25) is 0 Å². The summed E-state index contributed by atoms with van der Waals surface area (Å²) in [5, 5.41) is 0.644. The highest BCUT2D eigenvalue weighted by atomic mass is 32.2. The number of benzene rings is 1. The number of amides is 2. The molecular weight excluding hydrogens is 430 g/mol. The lowest BCUT2D eigenvalue weighted by Gasteiger charge is -2.31. The smallest absolute Gasteiger partial charge is 0.338 e. The Labute approximate surface area is 189 Å². The average Bonchev–Trinajstić information content (AvgIpc) is 3.41. The van der Waals surface area contributed by atoms with Gasteiger partial charge < -0.3 is 19.8 Å². The summed E-state index contributed by atoms with van der Waals surface area (Å²) in [7, 11) is 0. The van der Waals surface area contributed by atoms with Crippen molar-refractivity contribution in [2.45, 2.75) is 19.8 Å². The van der Waals surface area contributed by atoms with E-state index in [0.717, 1.165) is 5.56 Å². The van der Waals surface area contributed by atoms with Crippen molar-refractivity contribution in [1.82, 2.24) is 4.90 Å². The molecule has 0 aliphatic carbocycles. The highest BCUT2D eigenvalue weighted by molar-refractivity contribution is 8.18. The molecule has 0 unspecified atom stereocenters. The Morgan fingerprint density at radius 3 is 2.59 bits per heavy atom. The maximum Gasteiger partial charge on any atom is 0.338 e. The van der Waals surface area contributed by atoms with Crippen LogP contribution in [-0.4, -0.2) is 47.5 Å². The molecule has 0 atom stereocenters. The second-order valence-electron chi connectivity index (χ2n) is 7.47. The third kappa shape index (κ3) is 4.77. The zero-order valence-electron chi connectivity index (χ0n) is 17.6. The number of carbonyl (C=O) groups is 3. The monoisotopic (exact) mass is 453 g/mol. The number of likely N-dealkylation sites (tertiary alicyclic amines) is 1. The molecular formula is C23H23N3O5S. The van der Waals surface area contributed by atoms with Crippen LogP contribution in [0.15, 0.2) is 50.7 Å². The van der Waals surface area contributed by atoms with E-state index >= 15 is 0 Å². The minimum atomic E-state index is -0.365. The molecule has 2 N–H and O–H groups in total. The lowest BCUT2D eigenvalue weighted by molar-refractivity contribution is -0.123. The van der Waals surface area contributed by atoms with Gasteiger partial charge in [0.05, 0.1) is 17.1 Å². The quantitative estimate of drug-likeness (QED) is 0.546. The molecule has 2 aromatic rings. The molecule has 0 radical (unpaired) electrons. The summed E-state index contributed by atoms with van der Waals surface area (Å²) in [5.41, 5.74) is 6.67. The van der Waals surface area contributed by atoms with Gasteiger partial charge in [0.1, 0.15) is 11.5 Å². The van der Waals surface area contributed by atoms with E-state index in [4.69, 9.17) is 14.9 Å². The van der Waals surface area contributed by atoms with Crippen molar-refractivity contribution in [3.63, 3.8) is 0 Å². The molecule has 2 aliphatic rings. The molecule has 0 spiro atoms. The van der Waals surface area contributed by atoms with Crippen LogP contribution in [0.5, 0.6) is 0 Å². The number of esters is 1. The fourth-order valence-corrected chi connectivity index (χ4v) is 4.53. The molecule has 1 aromatic carbocycles. The van der Waals surface area contributed by atoms with Gasteiger partial charge in [-0.25, -0.2) is 4.79 Å². The van der Waals surface area contributed by atoms with Crippen LogP contribution in [0.25, 0.3) is 17.4 Å². The van der Waals surface area contributed by atoms with Crippen molar-refractivity contribution in [2.24, 2.45) is 16.6 Å². The average molecular weight is 454 g/mol. The van der Waals surface area contributed by atoms with E-state index in [1.807, 2.05) is 11.0 Å². The normalized spacial score (nSPS) is 18.2. The van der Waals surface area contributed by atoms with E-state index in [9.17, 15) is 14.4 Å². The van der Waals surface area contributed by atoms with E-state index < -0.39 is 0 Å². The third-order valence-corrected chi connectivity index (χ3v) is 6.40. The number of ether oxygens (including phenoxy) is 1. The molecule has 8 nitrogen and oxygen atoms in total. The summed E-state index contributed by atoms with van der Waals surface area (Å²) in [6.07, 6.45) is 3.01. The first-order valence-corrected chi connectivity index (χ1v) is 11.2. The van der Waals surface area contributed by atoms with Crippen molar-refractivity contribution in [2.75, 3.05) is 19.7 Å². The highest BCUT2D eigenvalue weighted by Crippen LogP contribution is 2.33. The number of rotatable bonds is 5. The Morgan fingerprint density at radius 2 is 1.94 bits per heavy atom. The number of aliphatic imine (C=N–C) groups is 1. The van der Waals surface area contributed by atoms with Gasteiger partial charge in [-0.1, -0.05) is 12.1 Å². The molecule has 32 heavy (non-hydrogen) atoms. The van der Waals surface area contributed by atoms with Crippen LogP contribution >= 0.6 is 11.8 Å². The fraction of sp³-hybridized carbons (Fsp3) is 0.304. The first-order chi connectivity index (χ1) is 15.4. The number of furan rings is 1. The van der Waals surface area contributed by atoms with Crippen molar-refractivity contribution in [3.05, 3.63) is 52.6 Å². The first-order valence-electron chi connectivity index (χ1n) is 10.4. The lowest BCUT2D eigenvalue weighted by Crippen LogP contribution is -2.40. The van der Waals surface area contributed by atoms with Gasteiger partial charge in [0.2, 0.25) is 5.91 Å². The predicted octanol–water partition coefficient (Wildman–Crippen LogP) is 3.29. The summed E-state index contributed by atoms with van der Waals surface area (Å²) < 4.78 is 10.9. The SMILES string of the molecule is CCOC(=O)c1ccc(-c2ccc(C=C3SC(N4CCC(C(N)=O)CC4)=NC3=O)o2)cc1. The lowest BCUT2D eigenvalue weighted by atomic mass is 9.97. The van der Waals surface area contributed by atoms with E-state index in [0.29, 0.717) is 59.7 Å².